The van der Waals surface area contributed by atoms with Gasteiger partial charge in [0, 0.05) is 16.6 Å². The lowest BCUT2D eigenvalue weighted by Gasteiger charge is -2.25. The van der Waals surface area contributed by atoms with Crippen LogP contribution in [0, 0.1) is 11.7 Å². The first-order chi connectivity index (χ1) is 8.65. The van der Waals surface area contributed by atoms with Crippen LogP contribution >= 0.6 is 39.9 Å². The highest BCUT2D eigenvalue weighted by atomic mass is 127. The van der Waals surface area contributed by atoms with Gasteiger partial charge in [-0.25, -0.2) is 9.38 Å². The van der Waals surface area contributed by atoms with E-state index in [9.17, 15) is 4.39 Å². The van der Waals surface area contributed by atoms with Gasteiger partial charge in [0.1, 0.15) is 5.82 Å². The maximum Gasteiger partial charge on any atom is 0.188 e. The molecule has 106 valence electrons. The molecule has 19 heavy (non-hydrogen) atoms. The molecule has 6 heteroatoms. The van der Waals surface area contributed by atoms with Gasteiger partial charge in [-0.2, -0.15) is 0 Å². The third-order valence-corrected chi connectivity index (χ3v) is 3.72. The lowest BCUT2D eigenvalue weighted by molar-refractivity contribution is 0.315. The van der Waals surface area contributed by atoms with E-state index in [1.807, 2.05) is 0 Å². The lowest BCUT2D eigenvalue weighted by Crippen LogP contribution is -2.37. The van der Waals surface area contributed by atoms with Gasteiger partial charge < -0.3 is 11.1 Å². The number of nitrogens with one attached hydrogen (secondary N) is 1. The summed E-state index contributed by atoms with van der Waals surface area (Å²) in [6.07, 6.45) is 3.84. The number of benzene rings is 1. The van der Waals surface area contributed by atoms with Gasteiger partial charge in [0.15, 0.2) is 5.96 Å². The molecule has 1 aromatic rings. The van der Waals surface area contributed by atoms with Gasteiger partial charge in [0.25, 0.3) is 0 Å². The number of nitrogens with zero attached hydrogens (tertiary/aromatic N) is 1. The topological polar surface area (TPSA) is 50.4 Å². The summed E-state index contributed by atoms with van der Waals surface area (Å²) in [5.74, 6) is 0.858. The second-order valence-electron chi connectivity index (χ2n) is 4.62. The number of rotatable bonds is 4. The Hall–Kier alpha value is -0.370. The minimum absolute atomic E-state index is 0. The van der Waals surface area contributed by atoms with Crippen molar-refractivity contribution in [1.82, 2.24) is 5.32 Å². The lowest BCUT2D eigenvalue weighted by atomic mass is 9.85. The SMILES string of the molecule is I.NC(=NCc1cc(Br)ccc1F)NCC1CCC1. The van der Waals surface area contributed by atoms with E-state index in [0.29, 0.717) is 11.5 Å². The molecule has 1 aromatic carbocycles. The van der Waals surface area contributed by atoms with Gasteiger partial charge in [0.2, 0.25) is 0 Å². The molecule has 0 unspecified atom stereocenters. The molecule has 2 rings (SSSR count). The second-order valence-corrected chi connectivity index (χ2v) is 5.53. The number of guanidine groups is 1. The average Bonchev–Trinajstić information content (AvgIpc) is 2.28. The molecule has 3 nitrogen and oxygen atoms in total. The van der Waals surface area contributed by atoms with E-state index in [1.165, 1.54) is 25.3 Å². The summed E-state index contributed by atoms with van der Waals surface area (Å²) in [7, 11) is 0. The molecule has 1 fully saturated rings. The Morgan fingerprint density at radius 1 is 1.47 bits per heavy atom. The van der Waals surface area contributed by atoms with Crippen LogP contribution in [0.2, 0.25) is 0 Å². The molecule has 0 saturated heterocycles. The minimum Gasteiger partial charge on any atom is -0.370 e. The fourth-order valence-corrected chi connectivity index (χ4v) is 2.25. The van der Waals surface area contributed by atoms with Crippen LogP contribution in [0.4, 0.5) is 4.39 Å². The molecular weight excluding hydrogens is 424 g/mol. The summed E-state index contributed by atoms with van der Waals surface area (Å²) in [5.41, 5.74) is 6.28. The zero-order chi connectivity index (χ0) is 13.0. The van der Waals surface area contributed by atoms with Gasteiger partial charge in [-0.1, -0.05) is 22.4 Å². The van der Waals surface area contributed by atoms with Gasteiger partial charge in [-0.3, -0.25) is 0 Å². The molecule has 0 amide bonds. The standard InChI is InChI=1S/C13H17BrFN3.HI/c14-11-4-5-12(15)10(6-11)8-18-13(16)17-7-9-2-1-3-9;/h4-6,9H,1-3,7-8H2,(H3,16,17,18);1H. The first-order valence-corrected chi connectivity index (χ1v) is 6.92. The Balaban J connectivity index is 0.00000180. The largest absolute Gasteiger partial charge is 0.370 e. The Bertz CT molecular complexity index is 450. The molecule has 0 heterocycles. The highest BCUT2D eigenvalue weighted by Crippen LogP contribution is 2.25. The predicted octanol–water partition coefficient (Wildman–Crippen LogP) is 3.41. The first kappa shape index (κ1) is 16.7. The average molecular weight is 442 g/mol. The number of hydrogen-bond acceptors (Lipinski definition) is 1. The number of halogens is 3. The molecule has 0 aliphatic heterocycles. The molecule has 3 N–H and O–H groups in total. The van der Waals surface area contributed by atoms with E-state index >= 15 is 0 Å². The van der Waals surface area contributed by atoms with Crippen molar-refractivity contribution in [3.8, 4) is 0 Å². The second kappa shape index (κ2) is 8.04. The minimum atomic E-state index is -0.256. The van der Waals surface area contributed by atoms with Gasteiger partial charge >= 0.3 is 0 Å². The quantitative estimate of drug-likeness (QED) is 0.427. The summed E-state index contributed by atoms with van der Waals surface area (Å²) < 4.78 is 14.3. The van der Waals surface area contributed by atoms with Crippen molar-refractivity contribution in [3.05, 3.63) is 34.1 Å². The summed E-state index contributed by atoms with van der Waals surface area (Å²) >= 11 is 3.31. The van der Waals surface area contributed by atoms with E-state index in [0.717, 1.165) is 16.9 Å². The molecule has 0 spiro atoms. The molecule has 1 aliphatic rings. The normalized spacial score (nSPS) is 15.6. The Kier molecular flexibility index (Phi) is 7.06. The van der Waals surface area contributed by atoms with Gasteiger partial charge in [-0.15, -0.1) is 24.0 Å². The molecule has 0 atom stereocenters. The summed E-state index contributed by atoms with van der Waals surface area (Å²) in [4.78, 5) is 4.15. The van der Waals surface area contributed by atoms with Crippen molar-refractivity contribution in [2.75, 3.05) is 6.54 Å². The third kappa shape index (κ3) is 5.25. The zero-order valence-electron chi connectivity index (χ0n) is 10.5. The third-order valence-electron chi connectivity index (χ3n) is 3.22. The smallest absolute Gasteiger partial charge is 0.188 e. The van der Waals surface area contributed by atoms with Crippen LogP contribution in [0.1, 0.15) is 24.8 Å². The van der Waals surface area contributed by atoms with Crippen molar-refractivity contribution in [1.29, 1.82) is 0 Å². The molecule has 0 radical (unpaired) electrons. The first-order valence-electron chi connectivity index (χ1n) is 6.13. The molecule has 1 saturated carbocycles. The monoisotopic (exact) mass is 441 g/mol. The summed E-state index contributed by atoms with van der Waals surface area (Å²) in [6, 6.07) is 4.81. The predicted molar refractivity (Wildman–Crippen MR) is 90.2 cm³/mol. The van der Waals surface area contributed by atoms with Gasteiger partial charge in [-0.05, 0) is 37.0 Å². The summed E-state index contributed by atoms with van der Waals surface area (Å²) in [6.45, 7) is 1.13. The van der Waals surface area contributed by atoms with Crippen LogP contribution in [0.5, 0.6) is 0 Å². The number of hydrogen-bond donors (Lipinski definition) is 2. The van der Waals surface area contributed by atoms with Gasteiger partial charge in [0.05, 0.1) is 6.54 Å². The van der Waals surface area contributed by atoms with Crippen LogP contribution in [0.15, 0.2) is 27.7 Å². The van der Waals surface area contributed by atoms with Crippen LogP contribution in [0.25, 0.3) is 0 Å². The van der Waals surface area contributed by atoms with Crippen LogP contribution in [-0.4, -0.2) is 12.5 Å². The maximum absolute atomic E-state index is 13.4. The van der Waals surface area contributed by atoms with Crippen molar-refractivity contribution in [3.63, 3.8) is 0 Å². The molecule has 0 aromatic heterocycles. The fraction of sp³-hybridized carbons (Fsp3) is 0.462. The Morgan fingerprint density at radius 2 is 2.21 bits per heavy atom. The van der Waals surface area contributed by atoms with Crippen LogP contribution in [0.3, 0.4) is 0 Å². The van der Waals surface area contributed by atoms with Crippen molar-refractivity contribution < 1.29 is 4.39 Å². The van der Waals surface area contributed by atoms with Crippen LogP contribution in [-0.2, 0) is 6.54 Å². The zero-order valence-corrected chi connectivity index (χ0v) is 14.5. The van der Waals surface area contributed by atoms with E-state index in [1.54, 1.807) is 12.1 Å². The Labute approximate surface area is 138 Å². The summed E-state index contributed by atoms with van der Waals surface area (Å²) in [5, 5.41) is 3.08. The molecular formula is C13H18BrFIN3. The number of aliphatic imine (C=N–C) groups is 1. The van der Waals surface area contributed by atoms with Crippen molar-refractivity contribution in [2.24, 2.45) is 16.6 Å². The Morgan fingerprint density at radius 3 is 2.84 bits per heavy atom. The van der Waals surface area contributed by atoms with E-state index in [2.05, 4.69) is 26.2 Å². The van der Waals surface area contributed by atoms with E-state index in [-0.39, 0.29) is 36.3 Å². The molecule has 1 aliphatic carbocycles. The highest BCUT2D eigenvalue weighted by molar-refractivity contribution is 14.0. The number of nitrogens with two attached hydrogens (primary N) is 1. The van der Waals surface area contributed by atoms with Crippen molar-refractivity contribution in [2.45, 2.75) is 25.8 Å². The molecule has 0 bridgehead atoms. The van der Waals surface area contributed by atoms with E-state index in [4.69, 9.17) is 5.73 Å². The van der Waals surface area contributed by atoms with Crippen LogP contribution < -0.4 is 11.1 Å². The maximum atomic E-state index is 13.4. The highest BCUT2D eigenvalue weighted by Gasteiger charge is 2.16. The van der Waals surface area contributed by atoms with Crippen molar-refractivity contribution >= 4 is 45.9 Å². The van der Waals surface area contributed by atoms with E-state index < -0.39 is 0 Å². The fourth-order valence-electron chi connectivity index (χ4n) is 1.84.